The van der Waals surface area contributed by atoms with E-state index in [1.165, 1.54) is 87.3 Å². The number of benzene rings is 9. The fraction of sp³-hybridized carbons (Fsp3) is 0.0357. The minimum Gasteiger partial charge on any atom is -0.310 e. The van der Waals surface area contributed by atoms with Gasteiger partial charge in [0.2, 0.25) is 0 Å². The second-order valence-electron chi connectivity index (χ2n) is 16.4. The molecule has 0 aliphatic heterocycles. The van der Waals surface area contributed by atoms with E-state index in [1.807, 2.05) is 0 Å². The summed E-state index contributed by atoms with van der Waals surface area (Å²) in [6.07, 6.45) is 0. The smallest absolute Gasteiger partial charge is 0.0620 e. The predicted molar refractivity (Wildman–Crippen MR) is 255 cm³/mol. The first kappa shape index (κ1) is 33.2. The van der Waals surface area contributed by atoms with Gasteiger partial charge < -0.3 is 18.6 Å². The van der Waals surface area contributed by atoms with Gasteiger partial charge in [0.15, 0.2) is 0 Å². The van der Waals surface area contributed by atoms with Crippen molar-refractivity contribution in [2.75, 3.05) is 9.80 Å². The Morgan fingerprint density at radius 1 is 0.267 bits per heavy atom. The minimum atomic E-state index is 1.14. The van der Waals surface area contributed by atoms with Crippen molar-refractivity contribution >= 4 is 110 Å². The van der Waals surface area contributed by atoms with Crippen LogP contribution in [-0.4, -0.2) is 8.80 Å². The molecule has 282 valence electrons. The fourth-order valence-electron chi connectivity index (χ4n) is 10.3. The lowest BCUT2D eigenvalue weighted by atomic mass is 10.0. The quantitative estimate of drug-likeness (QED) is 0.167. The van der Waals surface area contributed by atoms with Crippen molar-refractivity contribution in [1.82, 2.24) is 8.80 Å². The van der Waals surface area contributed by atoms with Gasteiger partial charge in [0.05, 0.1) is 33.1 Å². The molecule has 4 nitrogen and oxygen atoms in total. The number of hydrogen-bond donors (Lipinski definition) is 0. The Morgan fingerprint density at radius 3 is 1.02 bits per heavy atom. The van der Waals surface area contributed by atoms with Gasteiger partial charge >= 0.3 is 0 Å². The van der Waals surface area contributed by atoms with E-state index < -0.39 is 0 Å². The maximum atomic E-state index is 2.51. The Morgan fingerprint density at radius 2 is 0.617 bits per heavy atom. The minimum absolute atomic E-state index is 1.14. The van der Waals surface area contributed by atoms with Gasteiger partial charge in [-0.25, -0.2) is 0 Å². The Bertz CT molecular complexity index is 3550. The average molecular weight is 767 g/mol. The van der Waals surface area contributed by atoms with Gasteiger partial charge in [0.1, 0.15) is 0 Å². The fourth-order valence-corrected chi connectivity index (χ4v) is 10.3. The summed E-state index contributed by atoms with van der Waals surface area (Å²) >= 11 is 0. The molecule has 13 aromatic rings. The van der Waals surface area contributed by atoms with Gasteiger partial charge in [-0.15, -0.1) is 0 Å². The Hall–Kier alpha value is -7.82. The van der Waals surface area contributed by atoms with Crippen LogP contribution < -0.4 is 9.80 Å². The van der Waals surface area contributed by atoms with Crippen molar-refractivity contribution < 1.29 is 0 Å². The zero-order chi connectivity index (χ0) is 39.6. The highest BCUT2D eigenvalue weighted by Crippen LogP contribution is 2.47. The average Bonchev–Trinajstić information content (AvgIpc) is 4.00. The molecule has 0 unspecified atom stereocenters. The molecule has 4 heterocycles. The zero-order valence-electron chi connectivity index (χ0n) is 33.3. The monoisotopic (exact) mass is 766 g/mol. The van der Waals surface area contributed by atoms with Gasteiger partial charge in [-0.05, 0) is 122 Å². The largest absolute Gasteiger partial charge is 0.310 e. The molecule has 0 radical (unpaired) electrons. The summed E-state index contributed by atoms with van der Waals surface area (Å²) in [4.78, 5) is 4.74. The summed E-state index contributed by atoms with van der Waals surface area (Å²) < 4.78 is 5.03. The molecule has 13 rings (SSSR count). The first-order valence-corrected chi connectivity index (χ1v) is 20.8. The van der Waals surface area contributed by atoms with E-state index in [4.69, 9.17) is 0 Å². The Labute approximate surface area is 346 Å². The number of aryl methyl sites for hydroxylation is 2. The molecule has 0 spiro atoms. The molecular weight excluding hydrogens is 729 g/mol. The lowest BCUT2D eigenvalue weighted by Gasteiger charge is -2.26. The van der Waals surface area contributed by atoms with E-state index >= 15 is 0 Å². The third-order valence-corrected chi connectivity index (χ3v) is 12.8. The standard InChI is InChI=1S/C56H38N4/c1-35-13-9-19-39(29-35)57(37-15-5-3-6-16-37)41-25-27-51-47(31-41)43-21-11-23-45-49-34-54-50(33-53(49)59(51)55(43)45)46-24-12-22-44-48-32-42(26-28-52(48)60(54)56(44)46)58(38-17-7-4-8-18-38)40-20-10-14-36(2)30-40/h3-34H,1-2H3. The molecule has 0 saturated carbocycles. The molecule has 0 amide bonds. The van der Waals surface area contributed by atoms with Crippen LogP contribution in [0, 0.1) is 13.8 Å². The van der Waals surface area contributed by atoms with Crippen LogP contribution in [-0.2, 0) is 0 Å². The normalized spacial score (nSPS) is 12.2. The van der Waals surface area contributed by atoms with Gasteiger partial charge in [-0.3, -0.25) is 0 Å². The number of rotatable bonds is 6. The molecule has 0 aliphatic carbocycles. The summed E-state index contributed by atoms with van der Waals surface area (Å²) in [7, 11) is 0. The van der Waals surface area contributed by atoms with Crippen molar-refractivity contribution in [3.63, 3.8) is 0 Å². The molecule has 0 bridgehead atoms. The molecule has 0 saturated heterocycles. The highest BCUT2D eigenvalue weighted by Gasteiger charge is 2.24. The lowest BCUT2D eigenvalue weighted by molar-refractivity contribution is 1.27. The van der Waals surface area contributed by atoms with Gasteiger partial charge in [0.25, 0.3) is 0 Å². The maximum absolute atomic E-state index is 2.51. The first-order valence-electron chi connectivity index (χ1n) is 20.8. The highest BCUT2D eigenvalue weighted by atomic mass is 15.1. The second kappa shape index (κ2) is 12.3. The van der Waals surface area contributed by atoms with Crippen LogP contribution in [0.1, 0.15) is 11.1 Å². The summed E-state index contributed by atoms with van der Waals surface area (Å²) in [6, 6.07) is 71.5. The van der Waals surface area contributed by atoms with Crippen molar-refractivity contribution in [2.24, 2.45) is 0 Å². The second-order valence-corrected chi connectivity index (χ2v) is 16.4. The number of nitrogens with zero attached hydrogens (tertiary/aromatic N) is 4. The zero-order valence-corrected chi connectivity index (χ0v) is 33.3. The van der Waals surface area contributed by atoms with E-state index in [2.05, 4.69) is 227 Å². The third kappa shape index (κ3) is 4.61. The van der Waals surface area contributed by atoms with Gasteiger partial charge in [-0.1, -0.05) is 97.1 Å². The van der Waals surface area contributed by atoms with E-state index in [1.54, 1.807) is 0 Å². The van der Waals surface area contributed by atoms with E-state index in [9.17, 15) is 0 Å². The predicted octanol–water partition coefficient (Wildman–Crippen LogP) is 15.5. The molecule has 60 heavy (non-hydrogen) atoms. The SMILES string of the molecule is Cc1cccc(N(c2ccccc2)c2ccc3c(c2)c2cccc4c5cc6c(cc5n3c24)c2cccc3c4cc(N(c5ccccc5)c5cccc(C)c5)ccc4n6c32)c1. The van der Waals surface area contributed by atoms with Crippen LogP contribution in [0.4, 0.5) is 34.1 Å². The topological polar surface area (TPSA) is 15.3 Å². The van der Waals surface area contributed by atoms with Crippen molar-refractivity contribution in [3.05, 3.63) is 205 Å². The molecule has 9 aromatic carbocycles. The van der Waals surface area contributed by atoms with E-state index in [0.717, 1.165) is 34.1 Å². The number of hydrogen-bond acceptors (Lipinski definition) is 2. The Balaban J connectivity index is 1.03. The molecule has 0 fully saturated rings. The van der Waals surface area contributed by atoms with Crippen LogP contribution in [0.5, 0.6) is 0 Å². The van der Waals surface area contributed by atoms with Crippen LogP contribution >= 0.6 is 0 Å². The summed E-state index contributed by atoms with van der Waals surface area (Å²) in [5, 5.41) is 10.2. The number of fused-ring (bicyclic) bond motifs is 12. The highest BCUT2D eigenvalue weighted by molar-refractivity contribution is 6.29. The lowest BCUT2D eigenvalue weighted by Crippen LogP contribution is -2.09. The van der Waals surface area contributed by atoms with E-state index in [-0.39, 0.29) is 0 Å². The number of para-hydroxylation sites is 4. The molecular formula is C56H38N4. The molecule has 0 N–H and O–H groups in total. The van der Waals surface area contributed by atoms with Gasteiger partial charge in [0, 0.05) is 77.2 Å². The van der Waals surface area contributed by atoms with Crippen molar-refractivity contribution in [2.45, 2.75) is 13.8 Å². The van der Waals surface area contributed by atoms with Crippen LogP contribution in [0.2, 0.25) is 0 Å². The van der Waals surface area contributed by atoms with Crippen molar-refractivity contribution in [3.8, 4) is 0 Å². The number of aromatic nitrogens is 2. The summed E-state index contributed by atoms with van der Waals surface area (Å²) in [5.41, 5.74) is 16.8. The number of anilines is 6. The van der Waals surface area contributed by atoms with Crippen molar-refractivity contribution in [1.29, 1.82) is 0 Å². The summed E-state index contributed by atoms with van der Waals surface area (Å²) in [6.45, 7) is 4.32. The van der Waals surface area contributed by atoms with Gasteiger partial charge in [-0.2, -0.15) is 0 Å². The molecule has 4 aromatic heterocycles. The first-order chi connectivity index (χ1) is 29.6. The molecule has 4 heteroatoms. The van der Waals surface area contributed by atoms with Crippen LogP contribution in [0.25, 0.3) is 76.2 Å². The summed E-state index contributed by atoms with van der Waals surface area (Å²) in [5.74, 6) is 0. The molecule has 0 aliphatic rings. The van der Waals surface area contributed by atoms with E-state index in [0.29, 0.717) is 0 Å². The third-order valence-electron chi connectivity index (χ3n) is 12.8. The molecule has 0 atom stereocenters. The van der Waals surface area contributed by atoms with Crippen LogP contribution in [0.3, 0.4) is 0 Å². The maximum Gasteiger partial charge on any atom is 0.0620 e. The van der Waals surface area contributed by atoms with Crippen LogP contribution in [0.15, 0.2) is 194 Å². The Kier molecular flexibility index (Phi) is 6.83.